The maximum absolute atomic E-state index is 5.17. The Morgan fingerprint density at radius 1 is 0.429 bits per heavy atom. The number of hydrogen-bond acceptors (Lipinski definition) is 7. The maximum atomic E-state index is 5.17. The fraction of sp³-hybridized carbons (Fsp3) is 0. The Morgan fingerprint density at radius 3 is 1.90 bits per heavy atom. The van der Waals surface area contributed by atoms with Gasteiger partial charge in [0.2, 0.25) is 0 Å². The first-order valence-corrected chi connectivity index (χ1v) is 16.7. The van der Waals surface area contributed by atoms with Crippen LogP contribution in [0.4, 0.5) is 0 Å². The smallest absolute Gasteiger partial charge is 0.160 e. The van der Waals surface area contributed by atoms with E-state index >= 15 is 0 Å². The van der Waals surface area contributed by atoms with E-state index in [2.05, 4.69) is 76.7 Å². The van der Waals surface area contributed by atoms with Crippen LogP contribution >= 0.6 is 11.3 Å². The van der Waals surface area contributed by atoms with Gasteiger partial charge < -0.3 is 0 Å². The molecule has 6 aromatic heterocycles. The van der Waals surface area contributed by atoms with Crippen molar-refractivity contribution < 1.29 is 0 Å². The van der Waals surface area contributed by atoms with Crippen molar-refractivity contribution in [2.24, 2.45) is 0 Å². The van der Waals surface area contributed by atoms with Gasteiger partial charge in [-0.3, -0.25) is 9.97 Å². The first-order chi connectivity index (χ1) is 24.3. The van der Waals surface area contributed by atoms with Crippen molar-refractivity contribution in [2.75, 3.05) is 0 Å². The lowest BCUT2D eigenvalue weighted by molar-refractivity contribution is 1.24. The van der Waals surface area contributed by atoms with Gasteiger partial charge in [0.15, 0.2) is 5.82 Å². The van der Waals surface area contributed by atoms with Gasteiger partial charge >= 0.3 is 0 Å². The monoisotopic (exact) mass is 646 g/mol. The van der Waals surface area contributed by atoms with Gasteiger partial charge in [0.25, 0.3) is 0 Å². The minimum Gasteiger partial charge on any atom is -0.264 e. The molecule has 3 aromatic carbocycles. The summed E-state index contributed by atoms with van der Waals surface area (Å²) < 4.78 is 1.01. The molecule has 0 atom stereocenters. The first kappa shape index (κ1) is 28.8. The highest BCUT2D eigenvalue weighted by Gasteiger charge is 2.18. The van der Waals surface area contributed by atoms with E-state index in [-0.39, 0.29) is 0 Å². The Balaban J connectivity index is 1.19. The molecule has 6 heterocycles. The summed E-state index contributed by atoms with van der Waals surface area (Å²) in [4.78, 5) is 30.0. The van der Waals surface area contributed by atoms with Crippen LogP contribution in [-0.4, -0.2) is 29.9 Å². The number of nitrogens with zero attached hydrogens (tertiary/aromatic N) is 6. The highest BCUT2D eigenvalue weighted by molar-refractivity contribution is 7.25. The second-order valence-corrected chi connectivity index (χ2v) is 12.6. The molecule has 0 aliphatic rings. The lowest BCUT2D eigenvalue weighted by atomic mass is 9.99. The molecule has 0 N–H and O–H groups in total. The zero-order valence-electron chi connectivity index (χ0n) is 26.1. The van der Waals surface area contributed by atoms with Gasteiger partial charge in [0.1, 0.15) is 4.83 Å². The van der Waals surface area contributed by atoms with Crippen molar-refractivity contribution in [1.29, 1.82) is 0 Å². The number of thiophene rings is 1. The van der Waals surface area contributed by atoms with Crippen molar-refractivity contribution in [2.45, 2.75) is 0 Å². The second-order valence-electron chi connectivity index (χ2n) is 11.6. The summed E-state index contributed by atoms with van der Waals surface area (Å²) in [6.07, 6.45) is 7.35. The molecular weight excluding hydrogens is 621 g/mol. The van der Waals surface area contributed by atoms with Crippen LogP contribution in [0.3, 0.4) is 0 Å². The molecule has 0 aliphatic carbocycles. The minimum atomic E-state index is 0.687. The summed E-state index contributed by atoms with van der Waals surface area (Å²) in [6, 6.07) is 45.3. The lowest BCUT2D eigenvalue weighted by Crippen LogP contribution is -1.94. The molecule has 0 aliphatic heterocycles. The van der Waals surface area contributed by atoms with Crippen LogP contribution in [0.2, 0.25) is 0 Å². The van der Waals surface area contributed by atoms with E-state index in [4.69, 9.17) is 19.9 Å². The van der Waals surface area contributed by atoms with Gasteiger partial charge in [-0.2, -0.15) is 0 Å². The largest absolute Gasteiger partial charge is 0.264 e. The number of pyridine rings is 4. The van der Waals surface area contributed by atoms with Crippen molar-refractivity contribution in [1.82, 2.24) is 29.9 Å². The molecule has 0 bridgehead atoms. The van der Waals surface area contributed by atoms with Crippen LogP contribution in [0, 0.1) is 0 Å². The van der Waals surface area contributed by atoms with E-state index in [0.29, 0.717) is 5.82 Å². The molecule has 0 saturated carbocycles. The van der Waals surface area contributed by atoms with E-state index in [9.17, 15) is 0 Å². The van der Waals surface area contributed by atoms with Gasteiger partial charge in [-0.25, -0.2) is 19.9 Å². The Labute approximate surface area is 286 Å². The quantitative estimate of drug-likeness (QED) is 0.179. The van der Waals surface area contributed by atoms with Gasteiger partial charge in [-0.05, 0) is 59.2 Å². The van der Waals surface area contributed by atoms with Crippen LogP contribution in [0.25, 0.3) is 88.0 Å². The molecule has 0 saturated heterocycles. The predicted molar refractivity (Wildman–Crippen MR) is 199 cm³/mol. The number of hydrogen-bond donors (Lipinski definition) is 0. The predicted octanol–water partition coefficient (Wildman–Crippen LogP) is 10.4. The molecule has 9 rings (SSSR count). The maximum Gasteiger partial charge on any atom is 0.160 e. The molecule has 0 fully saturated rings. The van der Waals surface area contributed by atoms with Gasteiger partial charge in [0, 0.05) is 52.4 Å². The van der Waals surface area contributed by atoms with Gasteiger partial charge in [0.05, 0.1) is 33.0 Å². The zero-order chi connectivity index (χ0) is 32.6. The Bertz CT molecular complexity index is 2510. The normalized spacial score (nSPS) is 11.3. The van der Waals surface area contributed by atoms with E-state index in [0.717, 1.165) is 82.2 Å². The summed E-state index contributed by atoms with van der Waals surface area (Å²) in [5.74, 6) is 0.687. The van der Waals surface area contributed by atoms with E-state index in [1.54, 1.807) is 23.7 Å². The number of fused-ring (bicyclic) bond motifs is 3. The minimum absolute atomic E-state index is 0.687. The third kappa shape index (κ3) is 5.52. The third-order valence-electron chi connectivity index (χ3n) is 8.51. The molecule has 0 spiro atoms. The molecule has 49 heavy (non-hydrogen) atoms. The average molecular weight is 647 g/mol. The van der Waals surface area contributed by atoms with Crippen LogP contribution < -0.4 is 0 Å². The summed E-state index contributed by atoms with van der Waals surface area (Å²) in [5, 5.41) is 1.03. The summed E-state index contributed by atoms with van der Waals surface area (Å²) >= 11 is 1.63. The molecule has 0 radical (unpaired) electrons. The van der Waals surface area contributed by atoms with Gasteiger partial charge in [-0.15, -0.1) is 11.3 Å². The van der Waals surface area contributed by atoms with Crippen LogP contribution in [0.15, 0.2) is 158 Å². The first-order valence-electron chi connectivity index (χ1n) is 15.9. The van der Waals surface area contributed by atoms with Gasteiger partial charge in [-0.1, -0.05) is 91.0 Å². The average Bonchev–Trinajstić information content (AvgIpc) is 3.57. The molecule has 7 heteroatoms. The number of aromatic nitrogens is 6. The van der Waals surface area contributed by atoms with Crippen molar-refractivity contribution in [3.63, 3.8) is 0 Å². The second kappa shape index (κ2) is 12.3. The van der Waals surface area contributed by atoms with E-state index < -0.39 is 0 Å². The fourth-order valence-corrected chi connectivity index (χ4v) is 7.13. The Morgan fingerprint density at radius 2 is 1.14 bits per heavy atom. The lowest BCUT2D eigenvalue weighted by Gasteiger charge is -2.11. The van der Waals surface area contributed by atoms with Crippen LogP contribution in [0.1, 0.15) is 0 Å². The molecular formula is C42H26N6S. The molecule has 0 unspecified atom stereocenters. The summed E-state index contributed by atoms with van der Waals surface area (Å²) in [6.45, 7) is 0. The van der Waals surface area contributed by atoms with Crippen molar-refractivity contribution in [3.05, 3.63) is 158 Å². The molecule has 6 nitrogen and oxygen atoms in total. The number of benzene rings is 3. The fourth-order valence-electron chi connectivity index (χ4n) is 6.06. The molecule has 9 aromatic rings. The highest BCUT2D eigenvalue weighted by atomic mass is 32.1. The summed E-state index contributed by atoms with van der Waals surface area (Å²) in [7, 11) is 0. The third-order valence-corrected chi connectivity index (χ3v) is 9.62. The van der Waals surface area contributed by atoms with Crippen LogP contribution in [0.5, 0.6) is 0 Å². The zero-order valence-corrected chi connectivity index (χ0v) is 26.9. The Kier molecular flexibility index (Phi) is 7.22. The standard InChI is InChI=1S/C42H26N6S/c1-3-10-27(11-4-1)33-22-34-39-40(49-42(34)45-26-33)38(47-41(48-39)30-12-5-2-6-13-30)29-18-16-28(17-19-29)32-23-36(31-14-9-20-43-25-31)46-37(24-32)35-15-7-8-21-44-35/h1-26H. The van der Waals surface area contributed by atoms with Crippen LogP contribution in [-0.2, 0) is 0 Å². The van der Waals surface area contributed by atoms with E-state index in [1.807, 2.05) is 79.1 Å². The molecule has 230 valence electrons. The number of rotatable bonds is 6. The van der Waals surface area contributed by atoms with E-state index in [1.165, 1.54) is 0 Å². The van der Waals surface area contributed by atoms with Crippen molar-refractivity contribution in [3.8, 4) is 67.5 Å². The highest BCUT2D eigenvalue weighted by Crippen LogP contribution is 2.40. The molecule has 0 amide bonds. The Hall–Kier alpha value is -6.44. The SMILES string of the molecule is c1ccc(-c2cnc3sc4c(-c5ccc(-c6cc(-c7cccnc7)nc(-c7ccccn7)c6)cc5)nc(-c5ccccc5)nc4c3c2)cc1. The topological polar surface area (TPSA) is 77.3 Å². The summed E-state index contributed by atoms with van der Waals surface area (Å²) in [5.41, 5.74) is 11.5. The van der Waals surface area contributed by atoms with Crippen molar-refractivity contribution >= 4 is 31.8 Å².